The molecule has 0 unspecified atom stereocenters. The predicted molar refractivity (Wildman–Crippen MR) is 245 cm³/mol. The minimum absolute atomic E-state index is 0.0988. The van der Waals surface area contributed by atoms with E-state index in [1.807, 2.05) is 37.3 Å². The molecule has 0 saturated carbocycles. The number of allylic oxidation sites excluding steroid dienone is 12. The van der Waals surface area contributed by atoms with Crippen LogP contribution >= 0.6 is 0 Å². The first-order valence-corrected chi connectivity index (χ1v) is 23.0. The van der Waals surface area contributed by atoms with Crippen molar-refractivity contribution in [3.8, 4) is 0 Å². The summed E-state index contributed by atoms with van der Waals surface area (Å²) in [4.78, 5) is 30.7. The van der Waals surface area contributed by atoms with Crippen LogP contribution < -0.4 is 11.2 Å². The van der Waals surface area contributed by atoms with Gasteiger partial charge < -0.3 is 75.7 Å². The van der Waals surface area contributed by atoms with E-state index < -0.39 is 147 Å². The molecule has 2 bridgehead atoms. The molecule has 0 aliphatic carbocycles. The highest BCUT2D eigenvalue weighted by atomic mass is 16.7. The van der Waals surface area contributed by atoms with Gasteiger partial charge in [-0.2, -0.15) is 0 Å². The number of amides is 1. The Morgan fingerprint density at radius 1 is 0.687 bits per heavy atom. The van der Waals surface area contributed by atoms with Gasteiger partial charge in [0.1, 0.15) is 12.2 Å². The number of hydrogen-bond donors (Lipinski definition) is 12. The van der Waals surface area contributed by atoms with Gasteiger partial charge in [0, 0.05) is 37.5 Å². The summed E-state index contributed by atoms with van der Waals surface area (Å²) in [5.41, 5.74) is 8.24. The molecular weight excluding hydrogens is 877 g/mol. The number of hydroxylamine groups is 1. The maximum absolute atomic E-state index is 13.3. The molecule has 0 aromatic heterocycles. The van der Waals surface area contributed by atoms with E-state index in [4.69, 9.17) is 29.5 Å². The van der Waals surface area contributed by atoms with Crippen molar-refractivity contribution in [3.05, 3.63) is 85.1 Å². The highest BCUT2D eigenvalue weighted by molar-refractivity contribution is 5.79. The first-order valence-electron chi connectivity index (χ1n) is 23.0. The van der Waals surface area contributed by atoms with E-state index in [1.165, 1.54) is 7.11 Å². The summed E-state index contributed by atoms with van der Waals surface area (Å²) >= 11 is 0. The van der Waals surface area contributed by atoms with Gasteiger partial charge in [-0.05, 0) is 33.1 Å². The van der Waals surface area contributed by atoms with Crippen molar-refractivity contribution in [3.63, 3.8) is 0 Å². The van der Waals surface area contributed by atoms with Crippen molar-refractivity contribution in [2.45, 2.75) is 177 Å². The summed E-state index contributed by atoms with van der Waals surface area (Å²) in [5.74, 6) is -5.90. The molecule has 0 radical (unpaired) electrons. The Bertz CT molecular complexity index is 1710. The SMILES string of the molecule is CONC(=O)[C@H]1[C@@H]2C[C@@H](O[C@@H]3O[C@H](C)[C@@H](O)[C@H](N)[C@@H]3O)/C=C/C=C/C=C/C=C/C=C/C=C/C=C\[C@H](C)[C@@H](O)[C@@H](C)[C@H](C)OC(=O)C[C@H](O)C[C@H](O)CC[C@@H](O)[C@H](O)C[C@H](O)C[C@](O)(C[C@@H]1O)O2. The Kier molecular flexibility index (Phi) is 24.9. The number of aliphatic hydroxyl groups is 10. The maximum Gasteiger partial charge on any atom is 0.308 e. The number of rotatable bonds is 4. The molecule has 3 heterocycles. The van der Waals surface area contributed by atoms with E-state index in [0.29, 0.717) is 0 Å². The minimum atomic E-state index is -2.29. The number of aliphatic hydroxyl groups excluding tert-OH is 9. The number of carbonyl (C=O) groups is 2. The van der Waals surface area contributed by atoms with Crippen LogP contribution in [0.2, 0.25) is 0 Å². The van der Waals surface area contributed by atoms with Crippen LogP contribution in [0, 0.1) is 17.8 Å². The standard InChI is InChI=1S/C48H76N2O17/c1-28-18-16-14-12-10-8-6-7-9-11-13-15-17-19-35(66-47-45(60)42(49)44(59)31(4)65-47)25-39-41(46(61)50-63-5)38(56)27-48(62,67-39)26-34(53)23-37(55)36(54)21-20-32(51)22-33(52)24-40(57)64-30(3)29(2)43(28)58/h6-19,28-39,41-45,47,51-56,58-60,62H,20-27,49H2,1-5H3,(H,50,61)/b7-6+,10-8+,11-9+,14-12+,15-13+,18-16-,19-17+/t28-,29-,30-,31+,32+,33+,34-,35-,36+,37+,38-,39-,41+,42-,43+,44+,45-,47-,48+/m0/s1. The lowest BCUT2D eigenvalue weighted by Crippen LogP contribution is -2.62. The lowest BCUT2D eigenvalue weighted by Gasteiger charge is -2.45. The maximum atomic E-state index is 13.3. The molecule has 19 atom stereocenters. The topological polar surface area (TPSA) is 321 Å². The summed E-state index contributed by atoms with van der Waals surface area (Å²) in [7, 11) is 1.19. The van der Waals surface area contributed by atoms with Crippen LogP contribution in [-0.4, -0.2) is 168 Å². The number of hydrogen-bond acceptors (Lipinski definition) is 18. The average molecular weight is 953 g/mol. The van der Waals surface area contributed by atoms with Gasteiger partial charge in [-0.15, -0.1) is 0 Å². The third-order valence-corrected chi connectivity index (χ3v) is 12.2. The largest absolute Gasteiger partial charge is 0.462 e. The van der Waals surface area contributed by atoms with E-state index >= 15 is 0 Å². The molecule has 67 heavy (non-hydrogen) atoms. The molecule has 19 heteroatoms. The lowest BCUT2D eigenvalue weighted by molar-refractivity contribution is -0.307. The molecule has 0 spiro atoms. The molecule has 2 fully saturated rings. The molecule has 3 aliphatic heterocycles. The number of nitrogens with two attached hydrogens (primary N) is 1. The average Bonchev–Trinajstić information content (AvgIpc) is 3.25. The van der Waals surface area contributed by atoms with Crippen molar-refractivity contribution < 1.29 is 84.4 Å². The Morgan fingerprint density at radius 2 is 1.27 bits per heavy atom. The second-order valence-corrected chi connectivity index (χ2v) is 17.9. The van der Waals surface area contributed by atoms with Crippen LogP contribution in [0.3, 0.4) is 0 Å². The third-order valence-electron chi connectivity index (χ3n) is 12.2. The molecule has 0 aromatic carbocycles. The fourth-order valence-corrected chi connectivity index (χ4v) is 8.16. The van der Waals surface area contributed by atoms with Gasteiger partial charge >= 0.3 is 5.97 Å². The number of fused-ring (bicyclic) bond motifs is 2. The molecule has 0 aromatic rings. The molecule has 3 rings (SSSR count). The normalized spacial score (nSPS) is 44.4. The van der Waals surface area contributed by atoms with E-state index in [0.717, 1.165) is 0 Å². The van der Waals surface area contributed by atoms with Gasteiger partial charge in [0.15, 0.2) is 12.1 Å². The molecule has 1 amide bonds. The number of esters is 1. The fourth-order valence-electron chi connectivity index (χ4n) is 8.16. The van der Waals surface area contributed by atoms with Crippen molar-refractivity contribution in [2.75, 3.05) is 7.11 Å². The van der Waals surface area contributed by atoms with E-state index in [1.54, 1.807) is 75.5 Å². The third kappa shape index (κ3) is 19.4. The van der Waals surface area contributed by atoms with Gasteiger partial charge in [-0.25, -0.2) is 5.48 Å². The summed E-state index contributed by atoms with van der Waals surface area (Å²) < 4.78 is 23.5. The number of carbonyl (C=O) groups excluding carboxylic acids is 2. The van der Waals surface area contributed by atoms with Crippen molar-refractivity contribution in [2.24, 2.45) is 23.5 Å². The monoisotopic (exact) mass is 953 g/mol. The molecule has 19 nitrogen and oxygen atoms in total. The van der Waals surface area contributed by atoms with Crippen molar-refractivity contribution in [1.82, 2.24) is 5.48 Å². The predicted octanol–water partition coefficient (Wildman–Crippen LogP) is 0.305. The van der Waals surface area contributed by atoms with E-state index in [2.05, 4.69) is 5.48 Å². The van der Waals surface area contributed by atoms with Gasteiger partial charge in [-0.3, -0.25) is 14.4 Å². The van der Waals surface area contributed by atoms with Crippen LogP contribution in [0.25, 0.3) is 0 Å². The Hall–Kier alpha value is -3.48. The number of cyclic esters (lactones) is 1. The minimum Gasteiger partial charge on any atom is -0.462 e. The second kappa shape index (κ2) is 28.9. The zero-order chi connectivity index (χ0) is 49.8. The smallest absolute Gasteiger partial charge is 0.308 e. The summed E-state index contributed by atoms with van der Waals surface area (Å²) in [6.07, 6.45) is 4.31. The number of ether oxygens (including phenoxy) is 4. The lowest BCUT2D eigenvalue weighted by atomic mass is 9.82. The van der Waals surface area contributed by atoms with Gasteiger partial charge in [-0.1, -0.05) is 98.9 Å². The summed E-state index contributed by atoms with van der Waals surface area (Å²) in [6, 6.07) is -1.14. The van der Waals surface area contributed by atoms with Gasteiger partial charge in [0.25, 0.3) is 5.91 Å². The highest BCUT2D eigenvalue weighted by Crippen LogP contribution is 2.38. The highest BCUT2D eigenvalue weighted by Gasteiger charge is 2.51. The molecule has 3 aliphatic rings. The zero-order valence-electron chi connectivity index (χ0n) is 39.0. The van der Waals surface area contributed by atoms with Crippen LogP contribution in [0.15, 0.2) is 85.1 Å². The van der Waals surface area contributed by atoms with E-state index in [9.17, 15) is 60.7 Å². The Morgan fingerprint density at radius 3 is 1.87 bits per heavy atom. The van der Waals surface area contributed by atoms with Crippen molar-refractivity contribution >= 4 is 11.9 Å². The Balaban J connectivity index is 1.90. The zero-order valence-corrected chi connectivity index (χ0v) is 39.0. The van der Waals surface area contributed by atoms with Crippen LogP contribution in [0.5, 0.6) is 0 Å². The molecule has 2 saturated heterocycles. The van der Waals surface area contributed by atoms with Crippen LogP contribution in [0.4, 0.5) is 0 Å². The first-order chi connectivity index (χ1) is 31.7. The van der Waals surface area contributed by atoms with Gasteiger partial charge in [0.2, 0.25) is 0 Å². The first kappa shape index (κ1) is 57.8. The number of nitrogens with one attached hydrogen (secondary N) is 1. The molecular formula is C48H76N2O17. The summed E-state index contributed by atoms with van der Waals surface area (Å²) in [5, 5.41) is 109. The second-order valence-electron chi connectivity index (χ2n) is 17.9. The van der Waals surface area contributed by atoms with Crippen LogP contribution in [0.1, 0.15) is 79.1 Å². The van der Waals surface area contributed by atoms with E-state index in [-0.39, 0.29) is 31.6 Å². The quantitative estimate of drug-likeness (QED) is 0.133. The molecule has 380 valence electrons. The van der Waals surface area contributed by atoms with Crippen LogP contribution in [-0.2, 0) is 33.4 Å². The summed E-state index contributed by atoms with van der Waals surface area (Å²) in [6.45, 7) is 6.77. The van der Waals surface area contributed by atoms with Crippen molar-refractivity contribution in [1.29, 1.82) is 0 Å². The fraction of sp³-hybridized carbons (Fsp3) is 0.667. The Labute approximate surface area is 393 Å². The van der Waals surface area contributed by atoms with Gasteiger partial charge in [0.05, 0.1) is 92.6 Å². The molecule has 13 N–H and O–H groups in total.